The Balaban J connectivity index is 0.962. The molecule has 10 aromatic carbocycles. The van der Waals surface area contributed by atoms with Gasteiger partial charge < -0.3 is 13.7 Å². The zero-order chi connectivity index (χ0) is 36.0. The lowest BCUT2D eigenvalue weighted by atomic mass is 9.96. The van der Waals surface area contributed by atoms with Gasteiger partial charge in [-0.1, -0.05) is 127 Å². The van der Waals surface area contributed by atoms with Gasteiger partial charge in [0.1, 0.15) is 22.3 Å². The summed E-state index contributed by atoms with van der Waals surface area (Å²) in [4.78, 5) is 2.33. The maximum atomic E-state index is 6.55. The fourth-order valence-corrected chi connectivity index (χ4v) is 8.78. The number of rotatable bonds is 6. The minimum absolute atomic E-state index is 0.928. The van der Waals surface area contributed by atoms with Crippen molar-refractivity contribution in [3.63, 3.8) is 0 Å². The van der Waals surface area contributed by atoms with Crippen molar-refractivity contribution in [2.75, 3.05) is 4.90 Å². The van der Waals surface area contributed by atoms with Crippen LogP contribution in [0.1, 0.15) is 0 Å². The molecule has 0 atom stereocenters. The average molecular weight is 702 g/mol. The van der Waals surface area contributed by atoms with Crippen LogP contribution in [0.15, 0.2) is 197 Å². The Labute approximate surface area is 316 Å². The number of anilines is 3. The van der Waals surface area contributed by atoms with Crippen molar-refractivity contribution in [3.05, 3.63) is 188 Å². The van der Waals surface area contributed by atoms with Gasteiger partial charge in [0.2, 0.25) is 0 Å². The summed E-state index contributed by atoms with van der Waals surface area (Å²) in [7, 11) is 0. The normalized spacial score (nSPS) is 12.0. The lowest BCUT2D eigenvalue weighted by molar-refractivity contribution is 0.670. The Hall–Kier alpha value is -7.36. The quantitative estimate of drug-likeness (QED) is 0.162. The van der Waals surface area contributed by atoms with Crippen molar-refractivity contribution in [2.45, 2.75) is 0 Å². The summed E-state index contributed by atoms with van der Waals surface area (Å²) < 4.78 is 13.1. The van der Waals surface area contributed by atoms with Crippen LogP contribution >= 0.6 is 0 Å². The monoisotopic (exact) mass is 701 g/mol. The number of hydrogen-bond donors (Lipinski definition) is 0. The first kappa shape index (κ1) is 30.1. The van der Waals surface area contributed by atoms with Crippen molar-refractivity contribution in [1.82, 2.24) is 0 Å². The van der Waals surface area contributed by atoms with E-state index in [4.69, 9.17) is 8.83 Å². The predicted molar refractivity (Wildman–Crippen MR) is 229 cm³/mol. The molecule has 0 fully saturated rings. The lowest BCUT2D eigenvalue weighted by Gasteiger charge is -2.26. The van der Waals surface area contributed by atoms with Crippen LogP contribution in [0.5, 0.6) is 0 Å². The fraction of sp³-hybridized carbons (Fsp3) is 0. The molecule has 0 aliphatic heterocycles. The summed E-state index contributed by atoms with van der Waals surface area (Å²) in [5.74, 6) is 0. The molecular weight excluding hydrogens is 671 g/mol. The molecule has 3 heteroatoms. The van der Waals surface area contributed by atoms with Crippen molar-refractivity contribution < 1.29 is 8.83 Å². The second-order valence-corrected chi connectivity index (χ2v) is 14.5. The van der Waals surface area contributed by atoms with Crippen molar-refractivity contribution in [3.8, 4) is 33.4 Å². The van der Waals surface area contributed by atoms with E-state index >= 15 is 0 Å². The van der Waals surface area contributed by atoms with Crippen LogP contribution in [0.2, 0.25) is 0 Å². The molecule has 0 N–H and O–H groups in total. The Morgan fingerprint density at radius 1 is 0.273 bits per heavy atom. The zero-order valence-electron chi connectivity index (χ0n) is 29.7. The molecule has 0 bridgehead atoms. The van der Waals surface area contributed by atoms with E-state index in [-0.39, 0.29) is 0 Å². The summed E-state index contributed by atoms with van der Waals surface area (Å²) in [6.07, 6.45) is 0. The molecular formula is C52H31NO2. The Bertz CT molecular complexity index is 3150. The van der Waals surface area contributed by atoms with Gasteiger partial charge in [-0.05, 0) is 104 Å². The van der Waals surface area contributed by atoms with E-state index in [0.717, 1.165) is 61.6 Å². The molecule has 2 aromatic heterocycles. The third-order valence-corrected chi connectivity index (χ3v) is 11.4. The van der Waals surface area contributed by atoms with Gasteiger partial charge in [0.25, 0.3) is 0 Å². The van der Waals surface area contributed by atoms with Crippen molar-refractivity contribution in [2.24, 2.45) is 0 Å². The molecule has 12 rings (SSSR count). The molecule has 0 radical (unpaired) electrons. The van der Waals surface area contributed by atoms with Gasteiger partial charge in [0.15, 0.2) is 0 Å². The van der Waals surface area contributed by atoms with E-state index in [1.54, 1.807) is 0 Å². The highest BCUT2D eigenvalue weighted by atomic mass is 16.3. The van der Waals surface area contributed by atoms with E-state index in [1.165, 1.54) is 54.2 Å². The molecule has 0 spiro atoms. The van der Waals surface area contributed by atoms with Gasteiger partial charge in [-0.3, -0.25) is 0 Å². The SMILES string of the molecule is c1ccc(-c2ccc(N(c3ccc(-c4ccc5ccc6cccc7oc4c5c67)cc3)c3ccc(-c4ccc5ccc6cccc7oc4c5c67)cc3)cc2)cc1. The third kappa shape index (κ3) is 4.57. The highest BCUT2D eigenvalue weighted by Gasteiger charge is 2.20. The largest absolute Gasteiger partial charge is 0.455 e. The number of nitrogens with zero attached hydrogens (tertiary/aromatic N) is 1. The third-order valence-electron chi connectivity index (χ3n) is 11.4. The van der Waals surface area contributed by atoms with Crippen LogP contribution in [0.25, 0.3) is 98.8 Å². The van der Waals surface area contributed by atoms with E-state index in [2.05, 4.69) is 193 Å². The second-order valence-electron chi connectivity index (χ2n) is 14.5. The number of hydrogen-bond acceptors (Lipinski definition) is 3. The molecule has 256 valence electrons. The molecule has 0 amide bonds. The van der Waals surface area contributed by atoms with Crippen LogP contribution in [0.4, 0.5) is 17.1 Å². The summed E-state index contributed by atoms with van der Waals surface area (Å²) in [5, 5.41) is 9.59. The van der Waals surface area contributed by atoms with Crippen LogP contribution in [0.3, 0.4) is 0 Å². The van der Waals surface area contributed by atoms with E-state index in [9.17, 15) is 0 Å². The second kappa shape index (κ2) is 11.6. The van der Waals surface area contributed by atoms with Crippen molar-refractivity contribution >= 4 is 82.5 Å². The molecule has 0 aliphatic carbocycles. The van der Waals surface area contributed by atoms with Gasteiger partial charge in [-0.25, -0.2) is 0 Å². The molecule has 2 heterocycles. The van der Waals surface area contributed by atoms with Crippen LogP contribution in [-0.2, 0) is 0 Å². The summed E-state index contributed by atoms with van der Waals surface area (Å²) >= 11 is 0. The van der Waals surface area contributed by atoms with Crippen LogP contribution in [0, 0.1) is 0 Å². The Kier molecular flexibility index (Phi) is 6.34. The molecule has 0 aliphatic rings. The van der Waals surface area contributed by atoms with E-state index < -0.39 is 0 Å². The highest BCUT2D eigenvalue weighted by molar-refractivity contribution is 6.25. The summed E-state index contributed by atoms with van der Waals surface area (Å²) in [5.41, 5.74) is 13.7. The van der Waals surface area contributed by atoms with Gasteiger partial charge in [0.05, 0.1) is 0 Å². The molecule has 0 saturated carbocycles. The summed E-state index contributed by atoms with van der Waals surface area (Å²) in [6, 6.07) is 67.2. The van der Waals surface area contributed by atoms with Gasteiger partial charge >= 0.3 is 0 Å². The molecule has 55 heavy (non-hydrogen) atoms. The van der Waals surface area contributed by atoms with Gasteiger partial charge in [-0.15, -0.1) is 0 Å². The number of furan rings is 2. The Morgan fingerprint density at radius 2 is 0.655 bits per heavy atom. The fourth-order valence-electron chi connectivity index (χ4n) is 8.78. The standard InChI is InChI=1S/C52H31NO2/c1-2-6-32(7-3-1)33-16-24-40(25-17-33)53(41-26-18-34(19-27-41)43-30-22-38-14-12-36-8-4-10-45-47(36)49(38)51(43)54-45)42-28-20-35(21-29-42)44-31-23-39-15-13-37-9-5-11-46-48(37)50(39)52(44)55-46/h1-31H. The van der Waals surface area contributed by atoms with Gasteiger partial charge in [-0.2, -0.15) is 0 Å². The smallest absolute Gasteiger partial charge is 0.143 e. The summed E-state index contributed by atoms with van der Waals surface area (Å²) in [6.45, 7) is 0. The molecule has 0 unspecified atom stereocenters. The maximum absolute atomic E-state index is 6.55. The first-order chi connectivity index (χ1) is 27.2. The van der Waals surface area contributed by atoms with Crippen LogP contribution in [-0.4, -0.2) is 0 Å². The lowest BCUT2D eigenvalue weighted by Crippen LogP contribution is -2.09. The zero-order valence-corrected chi connectivity index (χ0v) is 29.7. The Morgan fingerprint density at radius 3 is 1.11 bits per heavy atom. The topological polar surface area (TPSA) is 29.5 Å². The predicted octanol–water partition coefficient (Wildman–Crippen LogP) is 15.1. The minimum Gasteiger partial charge on any atom is -0.455 e. The minimum atomic E-state index is 0.928. The molecule has 0 saturated heterocycles. The first-order valence-corrected chi connectivity index (χ1v) is 18.7. The molecule has 12 aromatic rings. The maximum Gasteiger partial charge on any atom is 0.143 e. The first-order valence-electron chi connectivity index (χ1n) is 18.7. The van der Waals surface area contributed by atoms with Crippen LogP contribution < -0.4 is 4.90 Å². The number of benzene rings is 10. The highest BCUT2D eigenvalue weighted by Crippen LogP contribution is 2.45. The van der Waals surface area contributed by atoms with Gasteiger partial charge in [0, 0.05) is 49.7 Å². The van der Waals surface area contributed by atoms with Crippen molar-refractivity contribution in [1.29, 1.82) is 0 Å². The van der Waals surface area contributed by atoms with E-state index in [0.29, 0.717) is 0 Å². The average Bonchev–Trinajstić information content (AvgIpc) is 3.85. The molecule has 3 nitrogen and oxygen atoms in total. The van der Waals surface area contributed by atoms with E-state index in [1.807, 2.05) is 0 Å².